The lowest BCUT2D eigenvalue weighted by Gasteiger charge is -2.32. The van der Waals surface area contributed by atoms with Gasteiger partial charge in [0, 0.05) is 13.1 Å². The van der Waals surface area contributed by atoms with Crippen molar-refractivity contribution in [3.63, 3.8) is 0 Å². The molecule has 0 aliphatic rings. The van der Waals surface area contributed by atoms with Crippen molar-refractivity contribution in [1.82, 2.24) is 10.2 Å². The Balaban J connectivity index is 2.02. The largest absolute Gasteiger partial charge is 0.354 e. The summed E-state index contributed by atoms with van der Waals surface area (Å²) in [6.07, 6.45) is 1.77. The van der Waals surface area contributed by atoms with Crippen molar-refractivity contribution in [2.45, 2.75) is 64.9 Å². The van der Waals surface area contributed by atoms with Crippen LogP contribution in [-0.4, -0.2) is 44.3 Å². The fourth-order valence-corrected chi connectivity index (χ4v) is 5.76. The molecule has 1 N–H and O–H groups in total. The molecule has 1 atom stereocenters. The Morgan fingerprint density at radius 3 is 2.08 bits per heavy atom. The minimum Gasteiger partial charge on any atom is -0.354 e. The van der Waals surface area contributed by atoms with Crippen LogP contribution in [0.4, 0.5) is 5.69 Å². The molecule has 0 aliphatic carbocycles. The summed E-state index contributed by atoms with van der Waals surface area (Å²) in [7, 11) is -4.08. The third kappa shape index (κ3) is 7.93. The van der Waals surface area contributed by atoms with E-state index in [0.717, 1.165) is 39.4 Å². The highest BCUT2D eigenvalue weighted by atomic mass is 32.2. The molecular formula is C31H39N3O4S. The summed E-state index contributed by atoms with van der Waals surface area (Å²) in [5.41, 5.74) is 3.94. The molecular weight excluding hydrogens is 510 g/mol. The summed E-state index contributed by atoms with van der Waals surface area (Å²) in [5, 5.41) is 2.90. The van der Waals surface area contributed by atoms with Gasteiger partial charge >= 0.3 is 0 Å². The Kier molecular flexibility index (Phi) is 10.3. The number of hydrogen-bond acceptors (Lipinski definition) is 4. The average molecular weight is 550 g/mol. The van der Waals surface area contributed by atoms with E-state index in [2.05, 4.69) is 5.32 Å². The van der Waals surface area contributed by atoms with Crippen molar-refractivity contribution in [2.75, 3.05) is 17.4 Å². The van der Waals surface area contributed by atoms with Gasteiger partial charge in [-0.05, 0) is 75.1 Å². The quantitative estimate of drug-likeness (QED) is 0.317. The van der Waals surface area contributed by atoms with Crippen LogP contribution >= 0.6 is 0 Å². The van der Waals surface area contributed by atoms with E-state index in [1.54, 1.807) is 43.3 Å². The van der Waals surface area contributed by atoms with Crippen LogP contribution in [0.25, 0.3) is 0 Å². The molecule has 39 heavy (non-hydrogen) atoms. The molecule has 3 aromatic carbocycles. The van der Waals surface area contributed by atoms with E-state index in [-0.39, 0.29) is 17.3 Å². The number of aryl methyl sites for hydroxylation is 3. The van der Waals surface area contributed by atoms with Crippen LogP contribution in [0.5, 0.6) is 0 Å². The first-order valence-electron chi connectivity index (χ1n) is 13.3. The van der Waals surface area contributed by atoms with Crippen LogP contribution in [0.2, 0.25) is 0 Å². The maximum Gasteiger partial charge on any atom is 0.264 e. The Labute approximate surface area is 232 Å². The molecule has 2 amide bonds. The van der Waals surface area contributed by atoms with Gasteiger partial charge in [0.05, 0.1) is 10.6 Å². The minimum atomic E-state index is -4.08. The molecule has 208 valence electrons. The Hall–Kier alpha value is -3.65. The summed E-state index contributed by atoms with van der Waals surface area (Å²) in [6, 6.07) is 20.6. The van der Waals surface area contributed by atoms with E-state index in [0.29, 0.717) is 12.2 Å². The Bertz CT molecular complexity index is 1350. The number of sulfonamides is 1. The van der Waals surface area contributed by atoms with E-state index >= 15 is 0 Å². The molecule has 0 spiro atoms. The summed E-state index contributed by atoms with van der Waals surface area (Å²) in [6.45, 7) is 9.62. The third-order valence-corrected chi connectivity index (χ3v) is 8.36. The zero-order valence-corrected chi connectivity index (χ0v) is 24.3. The zero-order valence-electron chi connectivity index (χ0n) is 23.5. The average Bonchev–Trinajstić information content (AvgIpc) is 2.90. The van der Waals surface area contributed by atoms with Gasteiger partial charge in [-0.1, -0.05) is 67.4 Å². The van der Waals surface area contributed by atoms with Crippen LogP contribution in [0.15, 0.2) is 77.7 Å². The van der Waals surface area contributed by atoms with Gasteiger partial charge in [-0.25, -0.2) is 8.42 Å². The van der Waals surface area contributed by atoms with E-state index in [9.17, 15) is 18.0 Å². The number of amides is 2. The highest BCUT2D eigenvalue weighted by molar-refractivity contribution is 7.92. The Morgan fingerprint density at radius 1 is 0.872 bits per heavy atom. The molecule has 0 aromatic heterocycles. The molecule has 3 rings (SSSR count). The van der Waals surface area contributed by atoms with Gasteiger partial charge in [-0.15, -0.1) is 0 Å². The van der Waals surface area contributed by atoms with Crippen molar-refractivity contribution >= 4 is 27.5 Å². The summed E-state index contributed by atoms with van der Waals surface area (Å²) in [4.78, 5) is 28.5. The Morgan fingerprint density at radius 2 is 1.49 bits per heavy atom. The van der Waals surface area contributed by atoms with Gasteiger partial charge in [0.15, 0.2) is 0 Å². The highest BCUT2D eigenvalue weighted by Gasteiger charge is 2.32. The molecule has 8 heteroatoms. The lowest BCUT2D eigenvalue weighted by molar-refractivity contribution is -0.139. The van der Waals surface area contributed by atoms with E-state index in [1.165, 1.54) is 4.90 Å². The fraction of sp³-hybridized carbons (Fsp3) is 0.355. The first-order valence-corrected chi connectivity index (χ1v) is 14.8. The van der Waals surface area contributed by atoms with Crippen LogP contribution in [0, 0.1) is 20.8 Å². The smallest absolute Gasteiger partial charge is 0.264 e. The first kappa shape index (κ1) is 29.9. The SMILES string of the molecule is CCCCNC(=O)[C@@H](C)N(Cc1ccccc1)C(=O)CN(c1cc(C)cc(C)c1)S(=O)(=O)c1ccc(C)cc1. The maximum absolute atomic E-state index is 13.9. The van der Waals surface area contributed by atoms with Gasteiger partial charge in [0.1, 0.15) is 12.6 Å². The number of benzene rings is 3. The lowest BCUT2D eigenvalue weighted by Crippen LogP contribution is -2.51. The second-order valence-corrected chi connectivity index (χ2v) is 11.9. The molecule has 7 nitrogen and oxygen atoms in total. The highest BCUT2D eigenvalue weighted by Crippen LogP contribution is 2.27. The molecule has 0 heterocycles. The van der Waals surface area contributed by atoms with Gasteiger partial charge in [-0.2, -0.15) is 0 Å². The minimum absolute atomic E-state index is 0.0972. The summed E-state index contributed by atoms with van der Waals surface area (Å²) in [5.74, 6) is -0.737. The number of nitrogens with one attached hydrogen (secondary N) is 1. The van der Waals surface area contributed by atoms with Crippen molar-refractivity contribution in [3.05, 3.63) is 95.1 Å². The van der Waals surface area contributed by atoms with Gasteiger partial charge in [0.2, 0.25) is 11.8 Å². The molecule has 0 radical (unpaired) electrons. The number of unbranched alkanes of at least 4 members (excludes halogenated alkanes) is 1. The summed E-state index contributed by atoms with van der Waals surface area (Å²) >= 11 is 0. The zero-order chi connectivity index (χ0) is 28.6. The molecule has 0 fully saturated rings. The molecule has 0 bridgehead atoms. The van der Waals surface area contributed by atoms with E-state index in [4.69, 9.17) is 0 Å². The number of hydrogen-bond donors (Lipinski definition) is 1. The monoisotopic (exact) mass is 549 g/mol. The predicted molar refractivity (Wildman–Crippen MR) is 156 cm³/mol. The number of carbonyl (C=O) groups excluding carboxylic acids is 2. The third-order valence-electron chi connectivity index (χ3n) is 6.57. The number of anilines is 1. The summed E-state index contributed by atoms with van der Waals surface area (Å²) < 4.78 is 29.0. The van der Waals surface area contributed by atoms with E-state index < -0.39 is 28.5 Å². The second kappa shape index (κ2) is 13.4. The number of nitrogens with zero attached hydrogens (tertiary/aromatic N) is 2. The maximum atomic E-state index is 13.9. The van der Waals surface area contributed by atoms with Gasteiger partial charge in [0.25, 0.3) is 10.0 Å². The molecule has 0 unspecified atom stereocenters. The van der Waals surface area contributed by atoms with E-state index in [1.807, 2.05) is 64.1 Å². The van der Waals surface area contributed by atoms with Crippen molar-refractivity contribution in [1.29, 1.82) is 0 Å². The topological polar surface area (TPSA) is 86.8 Å². The predicted octanol–water partition coefficient (Wildman–Crippen LogP) is 5.14. The number of carbonyl (C=O) groups is 2. The van der Waals surface area contributed by atoms with Gasteiger partial charge < -0.3 is 10.2 Å². The van der Waals surface area contributed by atoms with Crippen molar-refractivity contribution < 1.29 is 18.0 Å². The first-order chi connectivity index (χ1) is 18.5. The van der Waals surface area contributed by atoms with Crippen molar-refractivity contribution in [3.8, 4) is 0 Å². The molecule has 0 saturated heterocycles. The lowest BCUT2D eigenvalue weighted by atomic mass is 10.1. The number of rotatable bonds is 12. The molecule has 3 aromatic rings. The molecule has 0 saturated carbocycles. The van der Waals surface area contributed by atoms with Gasteiger partial charge in [-0.3, -0.25) is 13.9 Å². The van der Waals surface area contributed by atoms with Crippen LogP contribution in [-0.2, 0) is 26.2 Å². The normalized spacial score (nSPS) is 12.0. The second-order valence-electron chi connectivity index (χ2n) is 10.00. The standard InChI is InChI=1S/C31H39N3O4S/c1-6-7-17-32-31(36)26(5)33(21-27-11-9-8-10-12-27)30(35)22-34(28-19-24(3)18-25(4)20-28)39(37,38)29-15-13-23(2)14-16-29/h8-16,18-20,26H,6-7,17,21-22H2,1-5H3,(H,32,36)/t26-/m1/s1. The molecule has 0 aliphatic heterocycles. The van der Waals surface area contributed by atoms with Crippen molar-refractivity contribution in [2.24, 2.45) is 0 Å². The fourth-order valence-electron chi connectivity index (χ4n) is 4.36. The van der Waals surface area contributed by atoms with Crippen LogP contribution in [0.3, 0.4) is 0 Å². The van der Waals surface area contributed by atoms with Crippen LogP contribution < -0.4 is 9.62 Å². The van der Waals surface area contributed by atoms with Crippen LogP contribution in [0.1, 0.15) is 48.9 Å².